The standard InChI is InChI=1S/C27H18N2.C2H6/c1-29-23-13-12-22-25(20-11-10-16-6-4-5-9-19(16)27(20)28-22)26(23)21-14-17-7-2-3-8-18(17)15-24(21)29;1-2/h2-15,28H,1H3;1-2H3. The topological polar surface area (TPSA) is 20.7 Å². The lowest BCUT2D eigenvalue weighted by Crippen LogP contribution is -1.86. The molecular formula is C29H24N2. The van der Waals surface area contributed by atoms with E-state index in [1.54, 1.807) is 0 Å². The third-order valence-electron chi connectivity index (χ3n) is 6.50. The first kappa shape index (κ1) is 18.0. The zero-order chi connectivity index (χ0) is 21.1. The van der Waals surface area contributed by atoms with Gasteiger partial charge >= 0.3 is 0 Å². The fraction of sp³-hybridized carbons (Fsp3) is 0.103. The number of H-pyrrole nitrogens is 1. The van der Waals surface area contributed by atoms with Crippen LogP contribution in [0.4, 0.5) is 0 Å². The number of hydrogen-bond donors (Lipinski definition) is 1. The molecule has 0 saturated carbocycles. The van der Waals surface area contributed by atoms with Gasteiger partial charge in [-0.05, 0) is 40.4 Å². The Hall–Kier alpha value is -3.78. The first-order valence-corrected chi connectivity index (χ1v) is 11.0. The lowest BCUT2D eigenvalue weighted by atomic mass is 10.0. The molecule has 0 fully saturated rings. The number of hydrogen-bond acceptors (Lipinski definition) is 0. The highest BCUT2D eigenvalue weighted by atomic mass is 14.9. The van der Waals surface area contributed by atoms with E-state index in [-0.39, 0.29) is 0 Å². The largest absolute Gasteiger partial charge is 0.354 e. The fourth-order valence-electron chi connectivity index (χ4n) is 5.11. The molecule has 2 heterocycles. The van der Waals surface area contributed by atoms with E-state index in [1.807, 2.05) is 13.8 Å². The molecular weight excluding hydrogens is 376 g/mol. The highest BCUT2D eigenvalue weighted by Gasteiger charge is 2.16. The number of rotatable bonds is 0. The summed E-state index contributed by atoms with van der Waals surface area (Å²) >= 11 is 0. The maximum absolute atomic E-state index is 3.71. The smallest absolute Gasteiger partial charge is 0.0544 e. The summed E-state index contributed by atoms with van der Waals surface area (Å²) < 4.78 is 2.33. The van der Waals surface area contributed by atoms with Crippen LogP contribution in [-0.4, -0.2) is 9.55 Å². The summed E-state index contributed by atoms with van der Waals surface area (Å²) in [5, 5.41) is 10.4. The van der Waals surface area contributed by atoms with Crippen LogP contribution in [-0.2, 0) is 7.05 Å². The van der Waals surface area contributed by atoms with E-state index in [0.717, 1.165) is 0 Å². The summed E-state index contributed by atoms with van der Waals surface area (Å²) in [7, 11) is 2.18. The Kier molecular flexibility index (Phi) is 3.85. The minimum absolute atomic E-state index is 1.20. The van der Waals surface area contributed by atoms with E-state index in [1.165, 1.54) is 65.2 Å². The monoisotopic (exact) mass is 400 g/mol. The minimum atomic E-state index is 1.20. The van der Waals surface area contributed by atoms with E-state index in [9.17, 15) is 0 Å². The molecule has 0 aliphatic rings. The van der Waals surface area contributed by atoms with Gasteiger partial charge < -0.3 is 9.55 Å². The molecule has 0 spiro atoms. The van der Waals surface area contributed by atoms with Crippen molar-refractivity contribution in [2.45, 2.75) is 13.8 Å². The van der Waals surface area contributed by atoms with E-state index < -0.39 is 0 Å². The van der Waals surface area contributed by atoms with Gasteiger partial charge in [0.15, 0.2) is 0 Å². The quantitative estimate of drug-likeness (QED) is 0.264. The molecule has 2 aromatic heterocycles. The zero-order valence-electron chi connectivity index (χ0n) is 18.0. The molecule has 7 aromatic rings. The molecule has 1 N–H and O–H groups in total. The van der Waals surface area contributed by atoms with Crippen LogP contribution in [0.3, 0.4) is 0 Å². The molecule has 0 amide bonds. The van der Waals surface area contributed by atoms with E-state index in [4.69, 9.17) is 0 Å². The molecule has 31 heavy (non-hydrogen) atoms. The Balaban J connectivity index is 0.000000902. The molecule has 0 bridgehead atoms. The number of nitrogens with zero attached hydrogens (tertiary/aromatic N) is 1. The van der Waals surface area contributed by atoms with Crippen LogP contribution in [0.1, 0.15) is 13.8 Å². The highest BCUT2D eigenvalue weighted by Crippen LogP contribution is 2.40. The van der Waals surface area contributed by atoms with Crippen molar-refractivity contribution in [3.8, 4) is 0 Å². The molecule has 5 aromatic carbocycles. The molecule has 0 unspecified atom stereocenters. The van der Waals surface area contributed by atoms with Crippen molar-refractivity contribution in [2.75, 3.05) is 0 Å². The first-order valence-electron chi connectivity index (χ1n) is 11.0. The zero-order valence-corrected chi connectivity index (χ0v) is 18.0. The number of aryl methyl sites for hydroxylation is 1. The van der Waals surface area contributed by atoms with E-state index in [0.29, 0.717) is 0 Å². The molecule has 0 aliphatic carbocycles. The average molecular weight is 401 g/mol. The Morgan fingerprint density at radius 1 is 0.581 bits per heavy atom. The van der Waals surface area contributed by atoms with Gasteiger partial charge in [-0.25, -0.2) is 0 Å². The summed E-state index contributed by atoms with van der Waals surface area (Å²) in [5.41, 5.74) is 4.98. The van der Waals surface area contributed by atoms with Gasteiger partial charge in [0, 0.05) is 50.5 Å². The number of benzene rings is 5. The third kappa shape index (κ3) is 2.39. The minimum Gasteiger partial charge on any atom is -0.354 e. The molecule has 0 aliphatic heterocycles. The molecule has 2 heteroatoms. The van der Waals surface area contributed by atoms with Crippen LogP contribution >= 0.6 is 0 Å². The van der Waals surface area contributed by atoms with E-state index >= 15 is 0 Å². The highest BCUT2D eigenvalue weighted by molar-refractivity contribution is 6.31. The predicted octanol–water partition coefficient (Wildman–Crippen LogP) is 8.30. The van der Waals surface area contributed by atoms with Gasteiger partial charge in [-0.2, -0.15) is 0 Å². The maximum atomic E-state index is 3.71. The molecule has 7 rings (SSSR count). The van der Waals surface area contributed by atoms with Crippen LogP contribution in [0.25, 0.3) is 65.2 Å². The number of aromatic amines is 1. The van der Waals surface area contributed by atoms with Gasteiger partial charge in [-0.3, -0.25) is 0 Å². The van der Waals surface area contributed by atoms with Crippen LogP contribution < -0.4 is 0 Å². The maximum Gasteiger partial charge on any atom is 0.0544 e. The fourth-order valence-corrected chi connectivity index (χ4v) is 5.11. The SMILES string of the molecule is CC.Cn1c2cc3ccccc3cc2c2c3c(ccc21)[nH]c1c2ccccc2ccc13. The molecule has 0 atom stereocenters. The summed E-state index contributed by atoms with van der Waals surface area (Å²) in [6.45, 7) is 4.00. The second-order valence-electron chi connectivity index (χ2n) is 7.99. The van der Waals surface area contributed by atoms with Crippen molar-refractivity contribution in [3.63, 3.8) is 0 Å². The van der Waals surface area contributed by atoms with E-state index in [2.05, 4.69) is 102 Å². The first-order chi connectivity index (χ1) is 15.3. The second-order valence-corrected chi connectivity index (χ2v) is 7.99. The Morgan fingerprint density at radius 2 is 1.29 bits per heavy atom. The number of fused-ring (bicyclic) bond motifs is 10. The summed E-state index contributed by atoms with van der Waals surface area (Å²) in [5.74, 6) is 0. The van der Waals surface area contributed by atoms with Crippen molar-refractivity contribution >= 4 is 65.2 Å². The van der Waals surface area contributed by atoms with Crippen LogP contribution in [0.5, 0.6) is 0 Å². The van der Waals surface area contributed by atoms with Crippen LogP contribution in [0.15, 0.2) is 84.9 Å². The van der Waals surface area contributed by atoms with Crippen molar-refractivity contribution in [3.05, 3.63) is 84.9 Å². The summed E-state index contributed by atoms with van der Waals surface area (Å²) in [6.07, 6.45) is 0. The normalized spacial score (nSPS) is 11.7. The molecule has 2 nitrogen and oxygen atoms in total. The molecule has 0 saturated heterocycles. The Morgan fingerprint density at radius 3 is 2.10 bits per heavy atom. The Labute approximate surface area is 180 Å². The van der Waals surface area contributed by atoms with Gasteiger partial charge in [-0.15, -0.1) is 0 Å². The Bertz CT molecular complexity index is 1760. The molecule has 150 valence electrons. The predicted molar refractivity (Wildman–Crippen MR) is 136 cm³/mol. The number of aromatic nitrogens is 2. The lowest BCUT2D eigenvalue weighted by molar-refractivity contribution is 1.02. The van der Waals surface area contributed by atoms with Gasteiger partial charge in [0.25, 0.3) is 0 Å². The van der Waals surface area contributed by atoms with Crippen molar-refractivity contribution < 1.29 is 0 Å². The number of nitrogens with one attached hydrogen (secondary N) is 1. The van der Waals surface area contributed by atoms with Crippen LogP contribution in [0, 0.1) is 0 Å². The lowest BCUT2D eigenvalue weighted by Gasteiger charge is -2.01. The van der Waals surface area contributed by atoms with Gasteiger partial charge in [0.2, 0.25) is 0 Å². The summed E-state index contributed by atoms with van der Waals surface area (Å²) in [6, 6.07) is 30.9. The van der Waals surface area contributed by atoms with Crippen molar-refractivity contribution in [2.24, 2.45) is 7.05 Å². The van der Waals surface area contributed by atoms with Crippen molar-refractivity contribution in [1.29, 1.82) is 0 Å². The average Bonchev–Trinajstić information content (AvgIpc) is 3.34. The van der Waals surface area contributed by atoms with Gasteiger partial charge in [0.05, 0.1) is 5.52 Å². The van der Waals surface area contributed by atoms with Crippen LogP contribution in [0.2, 0.25) is 0 Å². The van der Waals surface area contributed by atoms with Crippen molar-refractivity contribution in [1.82, 2.24) is 9.55 Å². The second kappa shape index (κ2) is 6.61. The third-order valence-corrected chi connectivity index (χ3v) is 6.50. The van der Waals surface area contributed by atoms with Gasteiger partial charge in [-0.1, -0.05) is 74.5 Å². The van der Waals surface area contributed by atoms with Gasteiger partial charge in [0.1, 0.15) is 0 Å². The molecule has 0 radical (unpaired) electrons. The summed E-state index contributed by atoms with van der Waals surface area (Å²) in [4.78, 5) is 3.71.